The van der Waals surface area contributed by atoms with E-state index in [-0.39, 0.29) is 0 Å². The van der Waals surface area contributed by atoms with E-state index in [0.29, 0.717) is 11.4 Å². The van der Waals surface area contributed by atoms with Crippen molar-refractivity contribution in [1.82, 2.24) is 0 Å². The minimum Gasteiger partial charge on any atom is -0.388 e. The molecule has 1 aromatic rings. The van der Waals surface area contributed by atoms with E-state index in [2.05, 4.69) is 5.32 Å². The Bertz CT molecular complexity index is 299. The van der Waals surface area contributed by atoms with Gasteiger partial charge in [0.1, 0.15) is 0 Å². The van der Waals surface area contributed by atoms with Crippen LogP contribution in [-0.4, -0.2) is 19.2 Å². The Kier molecular flexibility index (Phi) is 3.77. The number of hydrogen-bond donors (Lipinski definition) is 1. The van der Waals surface area contributed by atoms with Gasteiger partial charge in [0.25, 0.3) is 0 Å². The molecule has 0 unspecified atom stereocenters. The zero-order valence-electron chi connectivity index (χ0n) is 7.51. The number of nitrogens with one attached hydrogen (secondary N) is 1. The van der Waals surface area contributed by atoms with Crippen molar-refractivity contribution in [3.05, 3.63) is 29.3 Å². The second-order valence-corrected chi connectivity index (χ2v) is 3.11. The first-order chi connectivity index (χ1) is 6.31. The van der Waals surface area contributed by atoms with Gasteiger partial charge in [-0.1, -0.05) is 6.07 Å². The van der Waals surface area contributed by atoms with Crippen LogP contribution < -0.4 is 5.32 Å². The minimum atomic E-state index is 0.601. The fourth-order valence-corrected chi connectivity index (χ4v) is 1.41. The summed E-state index contributed by atoms with van der Waals surface area (Å²) in [7, 11) is 1.80. The summed E-state index contributed by atoms with van der Waals surface area (Å²) in [5.41, 5.74) is 2.68. The Labute approximate surface area is 82.9 Å². The van der Waals surface area contributed by atoms with Crippen molar-refractivity contribution in [2.45, 2.75) is 6.42 Å². The van der Waals surface area contributed by atoms with E-state index in [0.717, 1.165) is 24.0 Å². The summed E-state index contributed by atoms with van der Waals surface area (Å²) in [6.07, 6.45) is 1.67. The summed E-state index contributed by atoms with van der Waals surface area (Å²) >= 11 is 5.62. The second kappa shape index (κ2) is 4.87. The predicted octanol–water partition coefficient (Wildman–Crippen LogP) is 2.32. The number of aldehydes is 1. The van der Waals surface area contributed by atoms with Gasteiger partial charge >= 0.3 is 0 Å². The molecule has 0 amide bonds. The van der Waals surface area contributed by atoms with Gasteiger partial charge < -0.3 is 5.32 Å². The van der Waals surface area contributed by atoms with Crippen LogP contribution in [0, 0.1) is 0 Å². The molecule has 70 valence electrons. The number of rotatable bonds is 4. The van der Waals surface area contributed by atoms with Crippen molar-refractivity contribution in [1.29, 1.82) is 0 Å². The highest BCUT2D eigenvalue weighted by Gasteiger charge is 2.00. The molecular weight excluding hydrogens is 186 g/mol. The van der Waals surface area contributed by atoms with Crippen LogP contribution in [0.4, 0.5) is 5.69 Å². The SMILES string of the molecule is CNc1cc(CCCl)ccc1C=O. The molecule has 2 nitrogen and oxygen atoms in total. The lowest BCUT2D eigenvalue weighted by Crippen LogP contribution is -1.96. The number of anilines is 1. The van der Waals surface area contributed by atoms with Crippen molar-refractivity contribution < 1.29 is 4.79 Å². The molecule has 0 atom stereocenters. The molecule has 0 saturated heterocycles. The van der Waals surface area contributed by atoms with Crippen LogP contribution in [0.5, 0.6) is 0 Å². The van der Waals surface area contributed by atoms with Crippen LogP contribution in [0.3, 0.4) is 0 Å². The fraction of sp³-hybridized carbons (Fsp3) is 0.300. The van der Waals surface area contributed by atoms with E-state index in [1.165, 1.54) is 0 Å². The van der Waals surface area contributed by atoms with Crippen LogP contribution in [0.25, 0.3) is 0 Å². The van der Waals surface area contributed by atoms with E-state index < -0.39 is 0 Å². The standard InChI is InChI=1S/C10H12ClNO/c1-12-10-6-8(4-5-11)2-3-9(10)7-13/h2-3,6-7,12H,4-5H2,1H3. The molecule has 0 radical (unpaired) electrons. The average molecular weight is 198 g/mol. The van der Waals surface area contributed by atoms with Crippen LogP contribution in [-0.2, 0) is 6.42 Å². The van der Waals surface area contributed by atoms with Crippen LogP contribution in [0.2, 0.25) is 0 Å². The molecule has 0 aromatic heterocycles. The number of benzene rings is 1. The average Bonchev–Trinajstić information content (AvgIpc) is 2.18. The Morgan fingerprint density at radius 1 is 1.54 bits per heavy atom. The summed E-state index contributed by atoms with van der Waals surface area (Å²) in [6.45, 7) is 0. The molecule has 1 aromatic carbocycles. The van der Waals surface area contributed by atoms with Gasteiger partial charge in [-0.3, -0.25) is 4.79 Å². The molecule has 0 aliphatic carbocycles. The van der Waals surface area contributed by atoms with Gasteiger partial charge in [0, 0.05) is 24.2 Å². The molecule has 0 heterocycles. The minimum absolute atomic E-state index is 0.601. The molecular formula is C10H12ClNO. The van der Waals surface area contributed by atoms with Crippen molar-refractivity contribution >= 4 is 23.6 Å². The first-order valence-corrected chi connectivity index (χ1v) is 4.67. The van der Waals surface area contributed by atoms with Gasteiger partial charge in [-0.15, -0.1) is 11.6 Å². The molecule has 1 N–H and O–H groups in total. The quantitative estimate of drug-likeness (QED) is 0.593. The number of hydrogen-bond acceptors (Lipinski definition) is 2. The normalized spacial score (nSPS) is 9.69. The summed E-state index contributed by atoms with van der Waals surface area (Å²) in [5.74, 6) is 0.601. The zero-order valence-corrected chi connectivity index (χ0v) is 8.27. The third kappa shape index (κ3) is 2.46. The topological polar surface area (TPSA) is 29.1 Å². The first-order valence-electron chi connectivity index (χ1n) is 4.13. The number of halogens is 1. The number of aryl methyl sites for hydroxylation is 1. The monoisotopic (exact) mass is 197 g/mol. The summed E-state index contributed by atoms with van der Waals surface area (Å²) in [4.78, 5) is 10.6. The Hall–Kier alpha value is -1.02. The maximum absolute atomic E-state index is 10.6. The molecule has 1 rings (SSSR count). The van der Waals surface area contributed by atoms with Crippen LogP contribution in [0.1, 0.15) is 15.9 Å². The van der Waals surface area contributed by atoms with Gasteiger partial charge in [-0.25, -0.2) is 0 Å². The largest absolute Gasteiger partial charge is 0.388 e. The highest BCUT2D eigenvalue weighted by Crippen LogP contribution is 2.16. The Balaban J connectivity index is 2.98. The number of alkyl halides is 1. The van der Waals surface area contributed by atoms with E-state index in [1.807, 2.05) is 12.1 Å². The predicted molar refractivity (Wildman–Crippen MR) is 55.8 cm³/mol. The molecule has 0 bridgehead atoms. The van der Waals surface area contributed by atoms with E-state index >= 15 is 0 Å². The maximum atomic E-state index is 10.6. The van der Waals surface area contributed by atoms with Crippen LogP contribution >= 0.6 is 11.6 Å². The lowest BCUT2D eigenvalue weighted by molar-refractivity contribution is 0.112. The Morgan fingerprint density at radius 3 is 2.85 bits per heavy atom. The Morgan fingerprint density at radius 2 is 2.31 bits per heavy atom. The molecule has 0 saturated carbocycles. The smallest absolute Gasteiger partial charge is 0.152 e. The van der Waals surface area contributed by atoms with Crippen molar-refractivity contribution in [3.8, 4) is 0 Å². The van der Waals surface area contributed by atoms with Crippen molar-refractivity contribution in [2.24, 2.45) is 0 Å². The highest BCUT2D eigenvalue weighted by molar-refractivity contribution is 6.18. The van der Waals surface area contributed by atoms with Gasteiger partial charge in [0.15, 0.2) is 6.29 Å². The first kappa shape index (κ1) is 10.1. The number of carbonyl (C=O) groups is 1. The van der Waals surface area contributed by atoms with E-state index in [1.54, 1.807) is 13.1 Å². The zero-order chi connectivity index (χ0) is 9.68. The third-order valence-corrected chi connectivity index (χ3v) is 2.09. The van der Waals surface area contributed by atoms with Crippen LogP contribution in [0.15, 0.2) is 18.2 Å². The van der Waals surface area contributed by atoms with Crippen molar-refractivity contribution in [2.75, 3.05) is 18.2 Å². The molecule has 0 aliphatic rings. The molecule has 0 spiro atoms. The van der Waals surface area contributed by atoms with Gasteiger partial charge in [0.05, 0.1) is 0 Å². The highest BCUT2D eigenvalue weighted by atomic mass is 35.5. The fourth-order valence-electron chi connectivity index (χ4n) is 1.19. The van der Waals surface area contributed by atoms with Gasteiger partial charge in [-0.2, -0.15) is 0 Å². The molecule has 0 aliphatic heterocycles. The van der Waals surface area contributed by atoms with Gasteiger partial charge in [-0.05, 0) is 24.1 Å². The summed E-state index contributed by atoms with van der Waals surface area (Å²) < 4.78 is 0. The maximum Gasteiger partial charge on any atom is 0.152 e. The molecule has 0 fully saturated rings. The summed E-state index contributed by atoms with van der Waals surface area (Å²) in [5, 5.41) is 2.97. The van der Waals surface area contributed by atoms with E-state index in [9.17, 15) is 4.79 Å². The van der Waals surface area contributed by atoms with Crippen molar-refractivity contribution in [3.63, 3.8) is 0 Å². The van der Waals surface area contributed by atoms with Gasteiger partial charge in [0.2, 0.25) is 0 Å². The third-order valence-electron chi connectivity index (χ3n) is 1.90. The molecule has 3 heteroatoms. The molecule has 13 heavy (non-hydrogen) atoms. The summed E-state index contributed by atoms with van der Waals surface area (Å²) in [6, 6.07) is 5.68. The lowest BCUT2D eigenvalue weighted by Gasteiger charge is -2.06. The lowest BCUT2D eigenvalue weighted by atomic mass is 10.1. The second-order valence-electron chi connectivity index (χ2n) is 2.73. The van der Waals surface area contributed by atoms with E-state index in [4.69, 9.17) is 11.6 Å². The number of carbonyl (C=O) groups excluding carboxylic acids is 1.